The summed E-state index contributed by atoms with van der Waals surface area (Å²) in [5.74, 6) is 1.51. The molecule has 6 nitrogen and oxygen atoms in total. The lowest BCUT2D eigenvalue weighted by Gasteiger charge is -2.14. The highest BCUT2D eigenvalue weighted by atomic mass is 16.6. The Kier molecular flexibility index (Phi) is 11.0. The van der Waals surface area contributed by atoms with Crippen LogP contribution < -0.4 is 15.8 Å². The van der Waals surface area contributed by atoms with Gasteiger partial charge >= 0.3 is 12.2 Å². The molecule has 2 atom stereocenters. The molecule has 2 amide bonds. The minimum Gasteiger partial charge on any atom is -0.445 e. The summed E-state index contributed by atoms with van der Waals surface area (Å²) in [7, 11) is 1.55. The first-order valence-electron chi connectivity index (χ1n) is 10.3. The van der Waals surface area contributed by atoms with Gasteiger partial charge in [-0.2, -0.15) is 0 Å². The zero-order chi connectivity index (χ0) is 22.5. The van der Waals surface area contributed by atoms with Gasteiger partial charge in [-0.1, -0.05) is 70.2 Å². The molecular weight excluding hydrogens is 380 g/mol. The van der Waals surface area contributed by atoms with Gasteiger partial charge in [-0.05, 0) is 47.4 Å². The van der Waals surface area contributed by atoms with E-state index in [1.165, 1.54) is 5.56 Å². The first-order valence-corrected chi connectivity index (χ1v) is 10.3. The predicted octanol–water partition coefficient (Wildman–Crippen LogP) is 5.71. The number of carbonyl (C=O) groups is 2. The molecule has 0 saturated heterocycles. The molecule has 30 heavy (non-hydrogen) atoms. The third-order valence-electron chi connectivity index (χ3n) is 5.04. The molecule has 164 valence electrons. The van der Waals surface area contributed by atoms with Crippen molar-refractivity contribution in [1.29, 1.82) is 0 Å². The van der Waals surface area contributed by atoms with Gasteiger partial charge in [0.05, 0.1) is 0 Å². The molecule has 0 fully saturated rings. The summed E-state index contributed by atoms with van der Waals surface area (Å²) in [6, 6.07) is 15.6. The van der Waals surface area contributed by atoms with Gasteiger partial charge in [0.25, 0.3) is 0 Å². The van der Waals surface area contributed by atoms with E-state index >= 15 is 0 Å². The summed E-state index contributed by atoms with van der Waals surface area (Å²) < 4.78 is 9.97. The lowest BCUT2D eigenvalue weighted by Crippen LogP contribution is -2.22. The number of para-hydroxylation sites is 1. The Bertz CT molecular complexity index is 807. The van der Waals surface area contributed by atoms with Gasteiger partial charge in [0.2, 0.25) is 0 Å². The van der Waals surface area contributed by atoms with Crippen molar-refractivity contribution in [3.63, 3.8) is 0 Å². The molecule has 0 radical (unpaired) electrons. The summed E-state index contributed by atoms with van der Waals surface area (Å²) in [5, 5.41) is 2.44. The van der Waals surface area contributed by atoms with E-state index in [1.54, 1.807) is 7.05 Å². The number of nitrogens with two attached hydrogens (primary N) is 1. The van der Waals surface area contributed by atoms with Gasteiger partial charge in [0, 0.05) is 7.05 Å². The molecule has 0 saturated carbocycles. The smallest absolute Gasteiger partial charge is 0.412 e. The maximum atomic E-state index is 11.1. The van der Waals surface area contributed by atoms with Crippen molar-refractivity contribution in [2.24, 2.45) is 5.73 Å². The molecule has 2 rings (SSSR count). The molecule has 2 aromatic carbocycles. The topological polar surface area (TPSA) is 90.7 Å². The summed E-state index contributed by atoms with van der Waals surface area (Å²) in [6.07, 6.45) is 0.932. The maximum absolute atomic E-state index is 11.1. The molecule has 0 bridgehead atoms. The first-order chi connectivity index (χ1) is 14.3. The number of rotatable bonds is 7. The van der Waals surface area contributed by atoms with Crippen LogP contribution in [0.15, 0.2) is 48.5 Å². The fourth-order valence-corrected chi connectivity index (χ4v) is 2.87. The van der Waals surface area contributed by atoms with Crippen LogP contribution in [0.2, 0.25) is 0 Å². The summed E-state index contributed by atoms with van der Waals surface area (Å²) in [4.78, 5) is 21.6. The summed E-state index contributed by atoms with van der Waals surface area (Å²) >= 11 is 0. The Morgan fingerprint density at radius 1 is 0.933 bits per heavy atom. The number of primary amides is 1. The second kappa shape index (κ2) is 13.2. The van der Waals surface area contributed by atoms with Crippen LogP contribution in [0.5, 0.6) is 5.75 Å². The average Bonchev–Trinajstić information content (AvgIpc) is 2.77. The van der Waals surface area contributed by atoms with Crippen LogP contribution in [0.4, 0.5) is 9.59 Å². The monoisotopic (exact) mass is 414 g/mol. The molecule has 2 unspecified atom stereocenters. The van der Waals surface area contributed by atoms with Crippen molar-refractivity contribution in [3.05, 3.63) is 65.2 Å². The van der Waals surface area contributed by atoms with Crippen LogP contribution in [-0.4, -0.2) is 19.2 Å². The van der Waals surface area contributed by atoms with Crippen LogP contribution in [-0.2, 0) is 11.3 Å². The van der Waals surface area contributed by atoms with E-state index < -0.39 is 12.2 Å². The Labute approximate surface area is 179 Å². The second-order valence-electron chi connectivity index (χ2n) is 7.10. The minimum absolute atomic E-state index is 0.260. The number of hydrogen-bond acceptors (Lipinski definition) is 4. The molecule has 0 aliphatic carbocycles. The Morgan fingerprint density at radius 3 is 2.03 bits per heavy atom. The average molecular weight is 415 g/mol. The zero-order valence-corrected chi connectivity index (χ0v) is 18.6. The highest BCUT2D eigenvalue weighted by Crippen LogP contribution is 2.28. The van der Waals surface area contributed by atoms with Crippen LogP contribution in [0.1, 0.15) is 69.1 Å². The number of nitrogens with one attached hydrogen (secondary N) is 1. The van der Waals surface area contributed by atoms with Gasteiger partial charge < -0.3 is 20.5 Å². The van der Waals surface area contributed by atoms with Gasteiger partial charge in [0.15, 0.2) is 0 Å². The zero-order valence-electron chi connectivity index (χ0n) is 18.6. The number of hydrogen-bond donors (Lipinski definition) is 2. The molecule has 0 aliphatic heterocycles. The molecule has 0 heterocycles. The highest BCUT2D eigenvalue weighted by molar-refractivity contribution is 5.70. The fourth-order valence-electron chi connectivity index (χ4n) is 2.87. The SMILES string of the molecule is CCC(C)c1ccccc1COC(N)=O.CCC(C)c1ccccc1OC(=O)NC. The summed E-state index contributed by atoms with van der Waals surface area (Å²) in [6.45, 7) is 8.78. The number of carbonyl (C=O) groups excluding carboxylic acids is 2. The van der Waals surface area contributed by atoms with Gasteiger partial charge in [-0.15, -0.1) is 0 Å². The van der Waals surface area contributed by atoms with Crippen molar-refractivity contribution in [2.75, 3.05) is 7.05 Å². The van der Waals surface area contributed by atoms with Crippen molar-refractivity contribution in [1.82, 2.24) is 5.32 Å². The molecular formula is C24H34N2O4. The lowest BCUT2D eigenvalue weighted by atomic mass is 9.94. The largest absolute Gasteiger partial charge is 0.445 e. The third kappa shape index (κ3) is 8.15. The van der Waals surface area contributed by atoms with E-state index in [-0.39, 0.29) is 6.61 Å². The predicted molar refractivity (Wildman–Crippen MR) is 120 cm³/mol. The Morgan fingerprint density at radius 2 is 1.47 bits per heavy atom. The number of benzene rings is 2. The molecule has 0 aromatic heterocycles. The van der Waals surface area contributed by atoms with E-state index in [9.17, 15) is 9.59 Å². The normalized spacial score (nSPS) is 12.0. The Balaban J connectivity index is 0.000000300. The highest BCUT2D eigenvalue weighted by Gasteiger charge is 2.11. The van der Waals surface area contributed by atoms with E-state index in [0.717, 1.165) is 24.0 Å². The van der Waals surface area contributed by atoms with Gasteiger partial charge in [-0.25, -0.2) is 9.59 Å². The maximum Gasteiger partial charge on any atom is 0.412 e. The van der Waals surface area contributed by atoms with E-state index in [2.05, 4.69) is 39.1 Å². The van der Waals surface area contributed by atoms with Crippen molar-refractivity contribution in [3.8, 4) is 5.75 Å². The quantitative estimate of drug-likeness (QED) is 0.607. The van der Waals surface area contributed by atoms with Crippen molar-refractivity contribution < 1.29 is 19.1 Å². The Hall–Kier alpha value is -3.02. The van der Waals surface area contributed by atoms with E-state index in [0.29, 0.717) is 17.6 Å². The van der Waals surface area contributed by atoms with Crippen LogP contribution in [0.3, 0.4) is 0 Å². The molecule has 6 heteroatoms. The van der Waals surface area contributed by atoms with Crippen molar-refractivity contribution in [2.45, 2.75) is 59.0 Å². The molecule has 2 aromatic rings. The summed E-state index contributed by atoms with van der Waals surface area (Å²) in [5.41, 5.74) is 8.27. The van der Waals surface area contributed by atoms with E-state index in [1.807, 2.05) is 42.5 Å². The van der Waals surface area contributed by atoms with Crippen LogP contribution in [0, 0.1) is 0 Å². The third-order valence-corrected chi connectivity index (χ3v) is 5.04. The van der Waals surface area contributed by atoms with E-state index in [4.69, 9.17) is 15.2 Å². The molecule has 3 N–H and O–H groups in total. The number of ether oxygens (including phenoxy) is 2. The minimum atomic E-state index is -0.728. The number of amides is 2. The van der Waals surface area contributed by atoms with Crippen molar-refractivity contribution >= 4 is 12.2 Å². The van der Waals surface area contributed by atoms with Gasteiger partial charge in [0.1, 0.15) is 12.4 Å². The lowest BCUT2D eigenvalue weighted by molar-refractivity contribution is 0.150. The molecule has 0 aliphatic rings. The first kappa shape index (κ1) is 25.0. The molecule has 0 spiro atoms. The van der Waals surface area contributed by atoms with Crippen LogP contribution in [0.25, 0.3) is 0 Å². The second-order valence-corrected chi connectivity index (χ2v) is 7.10. The fraction of sp³-hybridized carbons (Fsp3) is 0.417. The standard InChI is InChI=1S/2C12H17NO2/c1-4-9(2)10-7-5-6-8-11(10)15-12(14)13-3;1-3-9(2)11-7-5-4-6-10(11)8-15-12(13)14/h5-9H,4H2,1-3H3,(H,13,14);4-7,9H,3,8H2,1-2H3,(H2,13,14). The van der Waals surface area contributed by atoms with Crippen LogP contribution >= 0.6 is 0 Å². The van der Waals surface area contributed by atoms with Gasteiger partial charge in [-0.3, -0.25) is 0 Å².